The number of phenolic OH excluding ortho intramolecular Hbond substituents is 4. The maximum absolute atomic E-state index is 11.9. The number of benzene rings is 2. The highest BCUT2D eigenvalue weighted by molar-refractivity contribution is 5.75. The van der Waals surface area contributed by atoms with Crippen LogP contribution in [0, 0.1) is 0 Å². The second-order valence-corrected chi connectivity index (χ2v) is 5.60. The van der Waals surface area contributed by atoms with Crippen molar-refractivity contribution < 1.29 is 30.3 Å². The third-order valence-corrected chi connectivity index (χ3v) is 3.68. The van der Waals surface area contributed by atoms with Crippen LogP contribution in [-0.2, 0) is 11.2 Å². The number of nitrogens with zero attached hydrogens (tertiary/aromatic N) is 2. The first-order chi connectivity index (χ1) is 12.7. The second-order valence-electron chi connectivity index (χ2n) is 5.60. The number of phenols is 4. The summed E-state index contributed by atoms with van der Waals surface area (Å²) in [6.45, 7) is 0. The standard InChI is InChI=1S/C17H13N3O7/c21-10-2-1-7(3-13(10)24)15-18-16(20-17(27)19-15)9-6-11(22)8(4-12(9)23)5-14(25)26/h1-4,6,21-24H,5H2,(H,25,26)(H,18,19,20,27). The van der Waals surface area contributed by atoms with Gasteiger partial charge >= 0.3 is 11.7 Å². The van der Waals surface area contributed by atoms with Gasteiger partial charge in [0, 0.05) is 11.1 Å². The lowest BCUT2D eigenvalue weighted by molar-refractivity contribution is -0.136. The van der Waals surface area contributed by atoms with E-state index in [1.54, 1.807) is 0 Å². The van der Waals surface area contributed by atoms with Crippen LogP contribution >= 0.6 is 0 Å². The first-order valence-electron chi connectivity index (χ1n) is 7.52. The van der Waals surface area contributed by atoms with Gasteiger partial charge in [0.2, 0.25) is 0 Å². The van der Waals surface area contributed by atoms with Crippen molar-refractivity contribution >= 4 is 5.97 Å². The van der Waals surface area contributed by atoms with E-state index in [0.29, 0.717) is 0 Å². The largest absolute Gasteiger partial charge is 0.508 e. The average Bonchev–Trinajstić information content (AvgIpc) is 2.59. The summed E-state index contributed by atoms with van der Waals surface area (Å²) in [6.07, 6.45) is -0.502. The third kappa shape index (κ3) is 3.63. The number of nitrogens with one attached hydrogen (secondary N) is 1. The Hall–Kier alpha value is -4.08. The van der Waals surface area contributed by atoms with Gasteiger partial charge in [-0.2, -0.15) is 4.98 Å². The Labute approximate surface area is 150 Å². The van der Waals surface area contributed by atoms with Crippen molar-refractivity contribution in [2.45, 2.75) is 6.42 Å². The Bertz CT molecular complexity index is 1110. The highest BCUT2D eigenvalue weighted by atomic mass is 16.4. The highest BCUT2D eigenvalue weighted by Crippen LogP contribution is 2.34. The molecule has 0 spiro atoms. The zero-order valence-electron chi connectivity index (χ0n) is 13.5. The molecule has 0 saturated heterocycles. The SMILES string of the molecule is O=C(O)Cc1cc(O)c(-c2nc(-c3ccc(O)c(O)c3)nc(=O)[nH]2)cc1O. The van der Waals surface area contributed by atoms with Crippen LogP contribution in [0.15, 0.2) is 35.1 Å². The molecule has 1 heterocycles. The minimum absolute atomic E-state index is 0.0103. The second kappa shape index (κ2) is 6.67. The molecule has 0 bridgehead atoms. The zero-order chi connectivity index (χ0) is 19.7. The van der Waals surface area contributed by atoms with Crippen molar-refractivity contribution in [3.63, 3.8) is 0 Å². The number of aromatic amines is 1. The van der Waals surface area contributed by atoms with Crippen molar-refractivity contribution in [2.24, 2.45) is 0 Å². The fourth-order valence-electron chi connectivity index (χ4n) is 2.42. The van der Waals surface area contributed by atoms with Gasteiger partial charge < -0.3 is 25.5 Å². The molecule has 0 fully saturated rings. The molecule has 138 valence electrons. The molecule has 2 aromatic carbocycles. The first kappa shape index (κ1) is 17.7. The number of hydrogen-bond donors (Lipinski definition) is 6. The summed E-state index contributed by atoms with van der Waals surface area (Å²) in [7, 11) is 0. The molecule has 0 radical (unpaired) electrons. The monoisotopic (exact) mass is 371 g/mol. The van der Waals surface area contributed by atoms with Crippen LogP contribution in [0.3, 0.4) is 0 Å². The lowest BCUT2D eigenvalue weighted by atomic mass is 10.1. The zero-order valence-corrected chi connectivity index (χ0v) is 13.5. The first-order valence-corrected chi connectivity index (χ1v) is 7.52. The summed E-state index contributed by atoms with van der Waals surface area (Å²) in [6, 6.07) is 5.86. The quantitative estimate of drug-likeness (QED) is 0.288. The number of aliphatic carboxylic acids is 1. The van der Waals surface area contributed by atoms with E-state index in [-0.39, 0.29) is 34.1 Å². The van der Waals surface area contributed by atoms with Crippen LogP contribution in [0.5, 0.6) is 23.0 Å². The van der Waals surface area contributed by atoms with E-state index >= 15 is 0 Å². The van der Waals surface area contributed by atoms with Crippen LogP contribution in [0.1, 0.15) is 5.56 Å². The molecule has 3 aromatic rings. The van der Waals surface area contributed by atoms with E-state index in [4.69, 9.17) is 5.11 Å². The van der Waals surface area contributed by atoms with Crippen LogP contribution in [0.25, 0.3) is 22.8 Å². The summed E-state index contributed by atoms with van der Waals surface area (Å²) in [5.74, 6) is -3.02. The Kier molecular flexibility index (Phi) is 4.38. The van der Waals surface area contributed by atoms with E-state index < -0.39 is 35.3 Å². The molecule has 1 aromatic heterocycles. The molecule has 0 saturated carbocycles. The Balaban J connectivity index is 2.11. The Morgan fingerprint density at radius 3 is 2.33 bits per heavy atom. The molecule has 0 aliphatic heterocycles. The fraction of sp³-hybridized carbons (Fsp3) is 0.0588. The Morgan fingerprint density at radius 1 is 0.926 bits per heavy atom. The third-order valence-electron chi connectivity index (χ3n) is 3.68. The molecule has 0 unspecified atom stereocenters. The number of carboxylic acids is 1. The molecule has 0 atom stereocenters. The van der Waals surface area contributed by atoms with Crippen molar-refractivity contribution in [2.75, 3.05) is 0 Å². The number of hydrogen-bond acceptors (Lipinski definition) is 8. The molecule has 6 N–H and O–H groups in total. The lowest BCUT2D eigenvalue weighted by Gasteiger charge is -2.09. The van der Waals surface area contributed by atoms with Crippen molar-refractivity contribution in [1.82, 2.24) is 15.0 Å². The predicted molar refractivity (Wildman–Crippen MR) is 91.5 cm³/mol. The van der Waals surface area contributed by atoms with Gasteiger partial charge in [-0.05, 0) is 30.3 Å². The fourth-order valence-corrected chi connectivity index (χ4v) is 2.42. The maximum Gasteiger partial charge on any atom is 0.348 e. The van der Waals surface area contributed by atoms with Gasteiger partial charge in [-0.25, -0.2) is 9.78 Å². The number of carboxylic acid groups (broad SMARTS) is 1. The number of aromatic hydroxyl groups is 4. The number of carbonyl (C=O) groups is 1. The average molecular weight is 371 g/mol. The lowest BCUT2D eigenvalue weighted by Crippen LogP contribution is -2.14. The molecule has 10 nitrogen and oxygen atoms in total. The van der Waals surface area contributed by atoms with E-state index in [2.05, 4.69) is 15.0 Å². The van der Waals surface area contributed by atoms with Crippen molar-refractivity contribution in [3.8, 4) is 45.8 Å². The van der Waals surface area contributed by atoms with E-state index in [1.165, 1.54) is 12.1 Å². The molecular weight excluding hydrogens is 358 g/mol. The smallest absolute Gasteiger partial charge is 0.348 e. The number of aromatic nitrogens is 3. The van der Waals surface area contributed by atoms with Gasteiger partial charge in [-0.3, -0.25) is 9.78 Å². The van der Waals surface area contributed by atoms with Gasteiger partial charge in [0.15, 0.2) is 17.3 Å². The molecule has 27 heavy (non-hydrogen) atoms. The van der Waals surface area contributed by atoms with Crippen LogP contribution < -0.4 is 5.69 Å². The summed E-state index contributed by atoms with van der Waals surface area (Å²) in [5.41, 5.74) is -0.644. The van der Waals surface area contributed by atoms with Crippen LogP contribution in [0.4, 0.5) is 0 Å². The van der Waals surface area contributed by atoms with Crippen molar-refractivity contribution in [3.05, 3.63) is 46.4 Å². The number of H-pyrrole nitrogens is 1. The Morgan fingerprint density at radius 2 is 1.67 bits per heavy atom. The minimum Gasteiger partial charge on any atom is -0.508 e. The minimum atomic E-state index is -1.19. The van der Waals surface area contributed by atoms with Gasteiger partial charge in [-0.1, -0.05) is 0 Å². The summed E-state index contributed by atoms with van der Waals surface area (Å²) in [4.78, 5) is 32.7. The van der Waals surface area contributed by atoms with Gasteiger partial charge in [-0.15, -0.1) is 0 Å². The molecule has 10 heteroatoms. The highest BCUT2D eigenvalue weighted by Gasteiger charge is 2.16. The topological polar surface area (TPSA) is 177 Å². The molecule has 3 rings (SSSR count). The van der Waals surface area contributed by atoms with E-state index in [1.807, 2.05) is 0 Å². The van der Waals surface area contributed by atoms with Gasteiger partial charge in [0.05, 0.1) is 12.0 Å². The number of rotatable bonds is 4. The normalized spacial score (nSPS) is 10.7. The summed E-state index contributed by atoms with van der Waals surface area (Å²) >= 11 is 0. The maximum atomic E-state index is 11.9. The van der Waals surface area contributed by atoms with Crippen molar-refractivity contribution in [1.29, 1.82) is 0 Å². The van der Waals surface area contributed by atoms with E-state index in [0.717, 1.165) is 18.2 Å². The van der Waals surface area contributed by atoms with Crippen LogP contribution in [0.2, 0.25) is 0 Å². The summed E-state index contributed by atoms with van der Waals surface area (Å²) in [5, 5.41) is 47.9. The molecule has 0 aliphatic rings. The summed E-state index contributed by atoms with van der Waals surface area (Å²) < 4.78 is 0. The predicted octanol–water partition coefficient (Wildman–Crippen LogP) is 0.948. The molecular formula is C17H13N3O7. The molecule has 0 aliphatic carbocycles. The van der Waals surface area contributed by atoms with E-state index in [9.17, 15) is 30.0 Å². The molecule has 0 amide bonds. The van der Waals surface area contributed by atoms with Crippen LogP contribution in [-0.4, -0.2) is 46.5 Å². The van der Waals surface area contributed by atoms with Gasteiger partial charge in [0.25, 0.3) is 0 Å². The van der Waals surface area contributed by atoms with Gasteiger partial charge in [0.1, 0.15) is 17.3 Å².